The Balaban J connectivity index is 2.76. The number of hydrogen-bond donors (Lipinski definition) is 0. The van der Waals surface area contributed by atoms with Crippen molar-refractivity contribution < 1.29 is 4.79 Å². The number of rotatable bonds is 8. The Morgan fingerprint density at radius 1 is 1.12 bits per heavy atom. The first-order valence-corrected chi connectivity index (χ1v) is 10.2. The summed E-state index contributed by atoms with van der Waals surface area (Å²) in [7, 11) is 0. The van der Waals surface area contributed by atoms with Crippen LogP contribution in [0.25, 0.3) is 0 Å². The lowest BCUT2D eigenvalue weighted by atomic mass is 9.72. The molecule has 0 saturated carbocycles. The third-order valence-corrected chi connectivity index (χ3v) is 5.53. The van der Waals surface area contributed by atoms with E-state index < -0.39 is 0 Å². The van der Waals surface area contributed by atoms with Crippen LogP contribution in [0.3, 0.4) is 0 Å². The van der Waals surface area contributed by atoms with Crippen molar-refractivity contribution in [2.24, 2.45) is 11.3 Å². The summed E-state index contributed by atoms with van der Waals surface area (Å²) in [4.78, 5) is 12.1. The van der Waals surface area contributed by atoms with E-state index in [2.05, 4.69) is 59.8 Å². The van der Waals surface area contributed by atoms with Crippen LogP contribution in [0, 0.1) is 11.3 Å². The molecule has 0 spiro atoms. The van der Waals surface area contributed by atoms with E-state index in [1.54, 1.807) is 6.08 Å². The van der Waals surface area contributed by atoms with Crippen LogP contribution in [0.15, 0.2) is 58.7 Å². The van der Waals surface area contributed by atoms with E-state index in [0.717, 1.165) is 18.4 Å². The van der Waals surface area contributed by atoms with Crippen molar-refractivity contribution in [3.63, 3.8) is 0 Å². The lowest BCUT2D eigenvalue weighted by molar-refractivity contribution is -0.118. The Hall–Kier alpha value is -1.63. The second-order valence-electron chi connectivity index (χ2n) is 8.34. The Labute approximate surface area is 161 Å². The molecule has 0 heterocycles. The molecule has 0 N–H and O–H groups in total. The predicted octanol–water partition coefficient (Wildman–Crippen LogP) is 7.52. The van der Waals surface area contributed by atoms with E-state index in [1.807, 2.05) is 19.1 Å². The molecule has 0 aromatic heterocycles. The average molecular weight is 355 g/mol. The molecular formula is C25H38O. The van der Waals surface area contributed by atoms with Gasteiger partial charge in [-0.1, -0.05) is 69.2 Å². The number of carbonyl (C=O) groups is 1. The van der Waals surface area contributed by atoms with Crippen LogP contribution in [0.5, 0.6) is 0 Å². The number of ketones is 1. The Morgan fingerprint density at radius 2 is 1.77 bits per heavy atom. The molecule has 1 aliphatic carbocycles. The molecule has 0 aliphatic heterocycles. The molecule has 0 atom stereocenters. The minimum absolute atomic E-state index is 0.161. The molecule has 0 radical (unpaired) electrons. The van der Waals surface area contributed by atoms with Gasteiger partial charge in [-0.2, -0.15) is 0 Å². The van der Waals surface area contributed by atoms with Crippen molar-refractivity contribution >= 4 is 5.78 Å². The van der Waals surface area contributed by atoms with Crippen molar-refractivity contribution in [1.29, 1.82) is 0 Å². The Bertz CT molecular complexity index is 631. The molecule has 0 saturated heterocycles. The fourth-order valence-corrected chi connectivity index (χ4v) is 3.71. The standard InChI is InChI=1S/C25H38O/c1-8-22(9-2)24(26)18-20(4)13-10-12-19(3)15-16-23-21(5)14-11-17-25(23,6)7/h10,12-13,15-16,18,22H,8-9,11,14,17H2,1-7H3/b13-10+,16-15+,19-12+,20-18+. The van der Waals surface area contributed by atoms with Gasteiger partial charge < -0.3 is 0 Å². The zero-order valence-electron chi connectivity index (χ0n) is 18.0. The van der Waals surface area contributed by atoms with Gasteiger partial charge in [-0.15, -0.1) is 0 Å². The van der Waals surface area contributed by atoms with Gasteiger partial charge in [0.15, 0.2) is 5.78 Å². The smallest absolute Gasteiger partial charge is 0.158 e. The van der Waals surface area contributed by atoms with Gasteiger partial charge in [-0.05, 0) is 75.5 Å². The van der Waals surface area contributed by atoms with E-state index in [9.17, 15) is 4.79 Å². The third kappa shape index (κ3) is 6.94. The van der Waals surface area contributed by atoms with Gasteiger partial charge in [-0.3, -0.25) is 4.79 Å². The quantitative estimate of drug-likeness (QED) is 0.325. The second kappa shape index (κ2) is 10.5. The molecule has 0 amide bonds. The summed E-state index contributed by atoms with van der Waals surface area (Å²) in [6.07, 6.45) is 18.1. The van der Waals surface area contributed by atoms with Crippen LogP contribution in [-0.2, 0) is 4.79 Å². The number of hydrogen-bond acceptors (Lipinski definition) is 1. The summed E-state index contributed by atoms with van der Waals surface area (Å²) in [5.74, 6) is 0.411. The third-order valence-electron chi connectivity index (χ3n) is 5.53. The fraction of sp³-hybridized carbons (Fsp3) is 0.560. The monoisotopic (exact) mass is 354 g/mol. The molecule has 26 heavy (non-hydrogen) atoms. The zero-order valence-corrected chi connectivity index (χ0v) is 18.0. The maximum Gasteiger partial charge on any atom is 0.158 e. The minimum Gasteiger partial charge on any atom is -0.295 e. The van der Waals surface area contributed by atoms with Gasteiger partial charge in [0.1, 0.15) is 0 Å². The second-order valence-corrected chi connectivity index (χ2v) is 8.34. The summed E-state index contributed by atoms with van der Waals surface area (Å²) in [5, 5.41) is 0. The van der Waals surface area contributed by atoms with Crippen molar-refractivity contribution in [2.75, 3.05) is 0 Å². The minimum atomic E-state index is 0.161. The van der Waals surface area contributed by atoms with Gasteiger partial charge in [0, 0.05) is 5.92 Å². The number of allylic oxidation sites excluding steroid dienone is 10. The average Bonchev–Trinajstić information content (AvgIpc) is 2.54. The van der Waals surface area contributed by atoms with Crippen molar-refractivity contribution in [3.8, 4) is 0 Å². The van der Waals surface area contributed by atoms with E-state index in [-0.39, 0.29) is 17.1 Å². The van der Waals surface area contributed by atoms with Crippen LogP contribution in [0.1, 0.15) is 80.6 Å². The normalized spacial score (nSPS) is 19.2. The highest BCUT2D eigenvalue weighted by Gasteiger charge is 2.26. The van der Waals surface area contributed by atoms with Crippen molar-refractivity contribution in [1.82, 2.24) is 0 Å². The highest BCUT2D eigenvalue weighted by Crippen LogP contribution is 2.40. The molecule has 0 aromatic carbocycles. The topological polar surface area (TPSA) is 17.1 Å². The highest BCUT2D eigenvalue weighted by molar-refractivity contribution is 5.92. The van der Waals surface area contributed by atoms with Crippen LogP contribution in [0.4, 0.5) is 0 Å². The van der Waals surface area contributed by atoms with Crippen LogP contribution < -0.4 is 0 Å². The van der Waals surface area contributed by atoms with Gasteiger partial charge in [-0.25, -0.2) is 0 Å². The van der Waals surface area contributed by atoms with Crippen LogP contribution in [0.2, 0.25) is 0 Å². The van der Waals surface area contributed by atoms with Gasteiger partial charge in [0.2, 0.25) is 0 Å². The van der Waals surface area contributed by atoms with Crippen molar-refractivity contribution in [2.45, 2.75) is 80.6 Å². The summed E-state index contributed by atoms with van der Waals surface area (Å²) in [5.41, 5.74) is 5.54. The van der Waals surface area contributed by atoms with Crippen LogP contribution in [-0.4, -0.2) is 5.78 Å². The van der Waals surface area contributed by atoms with Crippen LogP contribution >= 0.6 is 0 Å². The van der Waals surface area contributed by atoms with E-state index >= 15 is 0 Å². The van der Waals surface area contributed by atoms with E-state index in [0.29, 0.717) is 0 Å². The molecule has 0 bridgehead atoms. The van der Waals surface area contributed by atoms with Gasteiger partial charge >= 0.3 is 0 Å². The van der Waals surface area contributed by atoms with Gasteiger partial charge in [0.25, 0.3) is 0 Å². The van der Waals surface area contributed by atoms with E-state index in [1.165, 1.54) is 36.0 Å². The van der Waals surface area contributed by atoms with Gasteiger partial charge in [0.05, 0.1) is 0 Å². The molecule has 1 aliphatic rings. The Kier molecular flexibility index (Phi) is 9.05. The fourth-order valence-electron chi connectivity index (χ4n) is 3.71. The van der Waals surface area contributed by atoms with E-state index in [4.69, 9.17) is 0 Å². The summed E-state index contributed by atoms with van der Waals surface area (Å²) < 4.78 is 0. The lowest BCUT2D eigenvalue weighted by Crippen LogP contribution is -2.19. The molecular weight excluding hydrogens is 316 g/mol. The first kappa shape index (κ1) is 22.4. The maximum absolute atomic E-state index is 12.1. The zero-order chi connectivity index (χ0) is 19.7. The molecule has 144 valence electrons. The molecule has 1 nitrogen and oxygen atoms in total. The molecule has 1 rings (SSSR count). The Morgan fingerprint density at radius 3 is 2.35 bits per heavy atom. The number of carbonyl (C=O) groups excluding carboxylic acids is 1. The summed E-state index contributed by atoms with van der Waals surface area (Å²) in [6.45, 7) is 15.2. The molecule has 0 fully saturated rings. The molecule has 0 aromatic rings. The molecule has 0 unspecified atom stereocenters. The SMILES string of the molecule is CCC(CC)C(=O)/C=C(C)/C=C/C=C(C)/C=C/C1=C(C)CCCC1(C)C. The summed E-state index contributed by atoms with van der Waals surface area (Å²) in [6, 6.07) is 0. The summed E-state index contributed by atoms with van der Waals surface area (Å²) >= 11 is 0. The lowest BCUT2D eigenvalue weighted by Gasteiger charge is -2.32. The highest BCUT2D eigenvalue weighted by atomic mass is 16.1. The van der Waals surface area contributed by atoms with Crippen molar-refractivity contribution in [3.05, 3.63) is 58.7 Å². The first-order valence-electron chi connectivity index (χ1n) is 10.2. The maximum atomic E-state index is 12.1. The largest absolute Gasteiger partial charge is 0.295 e. The molecule has 1 heteroatoms. The predicted molar refractivity (Wildman–Crippen MR) is 115 cm³/mol. The first-order chi connectivity index (χ1) is 12.2.